The first kappa shape index (κ1) is 15.3. The maximum atomic E-state index is 12.4. The van der Waals surface area contributed by atoms with E-state index in [-0.39, 0.29) is 18.6 Å². The zero-order chi connectivity index (χ0) is 15.2. The fourth-order valence-electron chi connectivity index (χ4n) is 2.68. The van der Waals surface area contributed by atoms with Crippen LogP contribution in [-0.4, -0.2) is 31.0 Å². The summed E-state index contributed by atoms with van der Waals surface area (Å²) in [7, 11) is 0. The molecule has 1 aromatic rings. The molecule has 0 aromatic heterocycles. The van der Waals surface area contributed by atoms with Crippen LogP contribution in [0.3, 0.4) is 0 Å². The largest absolute Gasteiger partial charge is 0.483 e. The molecule has 2 unspecified atom stereocenters. The Morgan fingerprint density at radius 3 is 2.76 bits per heavy atom. The monoisotopic (exact) mass is 291 g/mol. The summed E-state index contributed by atoms with van der Waals surface area (Å²) >= 11 is 0. The number of amides is 2. The van der Waals surface area contributed by atoms with Gasteiger partial charge in [-0.3, -0.25) is 9.59 Å². The van der Waals surface area contributed by atoms with Crippen LogP contribution >= 0.6 is 0 Å². The van der Waals surface area contributed by atoms with Crippen molar-refractivity contribution in [2.45, 2.75) is 25.3 Å². The fourth-order valence-corrected chi connectivity index (χ4v) is 2.68. The molecule has 0 spiro atoms. The van der Waals surface area contributed by atoms with Crippen LogP contribution in [0.4, 0.5) is 0 Å². The van der Waals surface area contributed by atoms with Crippen molar-refractivity contribution in [1.29, 1.82) is 0 Å². The molecular weight excluding hydrogens is 270 g/mol. The Morgan fingerprint density at radius 2 is 2.05 bits per heavy atom. The molecular formula is C15H21N3O3. The van der Waals surface area contributed by atoms with E-state index in [0.29, 0.717) is 23.8 Å². The first-order valence-corrected chi connectivity index (χ1v) is 7.13. The van der Waals surface area contributed by atoms with Crippen molar-refractivity contribution in [1.82, 2.24) is 5.32 Å². The van der Waals surface area contributed by atoms with Crippen molar-refractivity contribution in [3.8, 4) is 5.75 Å². The molecule has 0 saturated heterocycles. The maximum Gasteiger partial charge on any atom is 0.255 e. The van der Waals surface area contributed by atoms with Gasteiger partial charge >= 0.3 is 0 Å². The number of benzene rings is 1. The van der Waals surface area contributed by atoms with E-state index in [4.69, 9.17) is 16.2 Å². The van der Waals surface area contributed by atoms with Gasteiger partial charge in [0.2, 0.25) is 0 Å². The minimum absolute atomic E-state index is 0.103. The Kier molecular flexibility index (Phi) is 5.16. The summed E-state index contributed by atoms with van der Waals surface area (Å²) in [6, 6.07) is 6.91. The van der Waals surface area contributed by atoms with E-state index in [0.717, 1.165) is 19.3 Å². The van der Waals surface area contributed by atoms with Gasteiger partial charge in [-0.05, 0) is 37.4 Å². The predicted octanol–water partition coefficient (Wildman–Crippen LogP) is 0.408. The topological polar surface area (TPSA) is 107 Å². The van der Waals surface area contributed by atoms with Gasteiger partial charge in [0.1, 0.15) is 5.75 Å². The van der Waals surface area contributed by atoms with E-state index in [1.807, 2.05) is 0 Å². The summed E-state index contributed by atoms with van der Waals surface area (Å²) < 4.78 is 5.28. The summed E-state index contributed by atoms with van der Waals surface area (Å²) in [5, 5.41) is 3.01. The fraction of sp³-hybridized carbons (Fsp3) is 0.467. The van der Waals surface area contributed by atoms with E-state index in [1.54, 1.807) is 24.3 Å². The van der Waals surface area contributed by atoms with Gasteiger partial charge in [-0.2, -0.15) is 0 Å². The van der Waals surface area contributed by atoms with Gasteiger partial charge in [0.15, 0.2) is 6.61 Å². The summed E-state index contributed by atoms with van der Waals surface area (Å²) in [6.07, 6.45) is 3.06. The first-order chi connectivity index (χ1) is 10.1. The van der Waals surface area contributed by atoms with E-state index < -0.39 is 5.91 Å². The van der Waals surface area contributed by atoms with Crippen molar-refractivity contribution in [2.75, 3.05) is 13.2 Å². The van der Waals surface area contributed by atoms with Crippen molar-refractivity contribution in [2.24, 2.45) is 17.4 Å². The minimum Gasteiger partial charge on any atom is -0.483 e. The molecule has 2 rings (SSSR count). The molecule has 1 aliphatic carbocycles. The van der Waals surface area contributed by atoms with Crippen LogP contribution in [0.25, 0.3) is 0 Å². The highest BCUT2D eigenvalue weighted by atomic mass is 16.5. The van der Waals surface area contributed by atoms with Gasteiger partial charge in [0.05, 0.1) is 5.56 Å². The SMILES string of the molecule is NCC1CCCC1NC(=O)c1ccccc1OCC(N)=O. The summed E-state index contributed by atoms with van der Waals surface area (Å²) in [6.45, 7) is 0.323. The number of carbonyl (C=O) groups is 2. The average Bonchev–Trinajstić information content (AvgIpc) is 2.92. The molecule has 5 N–H and O–H groups in total. The zero-order valence-electron chi connectivity index (χ0n) is 11.9. The summed E-state index contributed by atoms with van der Waals surface area (Å²) in [5.41, 5.74) is 11.2. The third kappa shape index (κ3) is 3.95. The number of hydrogen-bond acceptors (Lipinski definition) is 4. The van der Waals surface area contributed by atoms with Gasteiger partial charge in [-0.1, -0.05) is 18.6 Å². The third-order valence-corrected chi connectivity index (χ3v) is 3.78. The smallest absolute Gasteiger partial charge is 0.255 e. The first-order valence-electron chi connectivity index (χ1n) is 7.13. The van der Waals surface area contributed by atoms with Crippen LogP contribution in [0.1, 0.15) is 29.6 Å². The quantitative estimate of drug-likeness (QED) is 0.705. The van der Waals surface area contributed by atoms with Gasteiger partial charge in [-0.15, -0.1) is 0 Å². The number of ether oxygens (including phenoxy) is 1. The Morgan fingerprint density at radius 1 is 1.29 bits per heavy atom. The molecule has 1 aliphatic rings. The molecule has 0 aliphatic heterocycles. The summed E-state index contributed by atoms with van der Waals surface area (Å²) in [5.74, 6) is -0.103. The average molecular weight is 291 g/mol. The van der Waals surface area contributed by atoms with Gasteiger partial charge in [0, 0.05) is 6.04 Å². The Hall–Kier alpha value is -2.08. The van der Waals surface area contributed by atoms with Crippen LogP contribution in [0, 0.1) is 5.92 Å². The van der Waals surface area contributed by atoms with Crippen LogP contribution in [0.5, 0.6) is 5.75 Å². The number of hydrogen-bond donors (Lipinski definition) is 3. The summed E-state index contributed by atoms with van der Waals surface area (Å²) in [4.78, 5) is 23.2. The Labute approximate surface area is 123 Å². The number of para-hydroxylation sites is 1. The number of rotatable bonds is 6. The van der Waals surface area contributed by atoms with Crippen molar-refractivity contribution in [3.63, 3.8) is 0 Å². The van der Waals surface area contributed by atoms with Crippen LogP contribution in [0.15, 0.2) is 24.3 Å². The second-order valence-corrected chi connectivity index (χ2v) is 5.26. The van der Waals surface area contributed by atoms with Crippen molar-refractivity contribution in [3.05, 3.63) is 29.8 Å². The molecule has 1 aromatic carbocycles. The molecule has 1 fully saturated rings. The Bertz CT molecular complexity index is 519. The molecule has 1 saturated carbocycles. The molecule has 0 radical (unpaired) electrons. The molecule has 21 heavy (non-hydrogen) atoms. The number of primary amides is 1. The Balaban J connectivity index is 2.06. The molecule has 2 atom stereocenters. The highest BCUT2D eigenvalue weighted by Crippen LogP contribution is 2.26. The molecule has 2 amide bonds. The van der Waals surface area contributed by atoms with Crippen LogP contribution < -0.4 is 21.5 Å². The molecule has 0 heterocycles. The van der Waals surface area contributed by atoms with Crippen LogP contribution in [0.2, 0.25) is 0 Å². The lowest BCUT2D eigenvalue weighted by atomic mass is 10.0. The van der Waals surface area contributed by atoms with Crippen molar-refractivity contribution >= 4 is 11.8 Å². The predicted molar refractivity (Wildman–Crippen MR) is 78.8 cm³/mol. The number of nitrogens with two attached hydrogens (primary N) is 2. The van der Waals surface area contributed by atoms with Crippen LogP contribution in [-0.2, 0) is 4.79 Å². The molecule has 0 bridgehead atoms. The minimum atomic E-state index is -0.579. The third-order valence-electron chi connectivity index (χ3n) is 3.78. The van der Waals surface area contributed by atoms with E-state index in [9.17, 15) is 9.59 Å². The number of carbonyl (C=O) groups excluding carboxylic acids is 2. The molecule has 6 heteroatoms. The van der Waals surface area contributed by atoms with E-state index in [2.05, 4.69) is 5.32 Å². The number of nitrogens with one attached hydrogen (secondary N) is 1. The zero-order valence-corrected chi connectivity index (χ0v) is 11.9. The normalized spacial score (nSPS) is 21.0. The lowest BCUT2D eigenvalue weighted by Gasteiger charge is -2.20. The highest BCUT2D eigenvalue weighted by molar-refractivity contribution is 5.97. The lowest BCUT2D eigenvalue weighted by molar-refractivity contribution is -0.119. The van der Waals surface area contributed by atoms with Crippen molar-refractivity contribution < 1.29 is 14.3 Å². The standard InChI is InChI=1S/C15H21N3O3/c16-8-10-4-3-6-12(10)18-15(20)11-5-1-2-7-13(11)21-9-14(17)19/h1-2,5,7,10,12H,3-4,6,8-9,16H2,(H2,17,19)(H,18,20). The second-order valence-electron chi connectivity index (χ2n) is 5.26. The lowest BCUT2D eigenvalue weighted by Crippen LogP contribution is -2.40. The van der Waals surface area contributed by atoms with Gasteiger partial charge < -0.3 is 21.5 Å². The van der Waals surface area contributed by atoms with Gasteiger partial charge in [0.25, 0.3) is 11.8 Å². The van der Waals surface area contributed by atoms with E-state index >= 15 is 0 Å². The molecule has 114 valence electrons. The maximum absolute atomic E-state index is 12.4. The second kappa shape index (κ2) is 7.08. The van der Waals surface area contributed by atoms with E-state index in [1.165, 1.54) is 0 Å². The van der Waals surface area contributed by atoms with Gasteiger partial charge in [-0.25, -0.2) is 0 Å². The highest BCUT2D eigenvalue weighted by Gasteiger charge is 2.28. The molecule has 6 nitrogen and oxygen atoms in total.